The molecule has 2 N–H and O–H groups in total. The molecule has 0 saturated heterocycles. The Morgan fingerprint density at radius 3 is 2.76 bits per heavy atom. The van der Waals surface area contributed by atoms with Gasteiger partial charge in [0.1, 0.15) is 5.69 Å². The zero-order valence-corrected chi connectivity index (χ0v) is 11.1. The number of nitrogens with one attached hydrogen (secondary N) is 2. The van der Waals surface area contributed by atoms with Crippen LogP contribution in [0.1, 0.15) is 30.0 Å². The summed E-state index contributed by atoms with van der Waals surface area (Å²) in [5, 5.41) is 10.3. The van der Waals surface area contributed by atoms with Crippen LogP contribution in [0.25, 0.3) is 0 Å². The Kier molecular flexibility index (Phi) is 5.15. The van der Waals surface area contributed by atoms with Gasteiger partial charge in [0.2, 0.25) is 0 Å². The van der Waals surface area contributed by atoms with E-state index in [1.165, 1.54) is 0 Å². The third-order valence-corrected chi connectivity index (χ3v) is 2.69. The van der Waals surface area contributed by atoms with Crippen molar-refractivity contribution in [1.82, 2.24) is 20.4 Å². The molecular weight excluding hydrogens is 216 g/mol. The number of rotatable bonds is 6. The molecule has 96 valence electrons. The fraction of sp³-hybridized carbons (Fsp3) is 0.667. The number of amides is 1. The molecule has 1 heterocycles. The predicted molar refractivity (Wildman–Crippen MR) is 68.0 cm³/mol. The summed E-state index contributed by atoms with van der Waals surface area (Å²) in [6.45, 7) is 5.69. The molecule has 0 aliphatic rings. The van der Waals surface area contributed by atoms with Gasteiger partial charge in [0, 0.05) is 13.6 Å². The summed E-state index contributed by atoms with van der Waals surface area (Å²) in [7, 11) is 3.71. The Bertz CT molecular complexity index is 373. The lowest BCUT2D eigenvalue weighted by molar-refractivity contribution is 0.0938. The number of nitrogens with zero attached hydrogens (tertiary/aromatic N) is 2. The van der Waals surface area contributed by atoms with Crippen LogP contribution in [0.3, 0.4) is 0 Å². The number of carbonyl (C=O) groups excluding carboxylic acids is 1. The van der Waals surface area contributed by atoms with Crippen LogP contribution in [0.5, 0.6) is 0 Å². The van der Waals surface area contributed by atoms with Crippen LogP contribution in [0.15, 0.2) is 6.07 Å². The molecule has 0 bridgehead atoms. The highest BCUT2D eigenvalue weighted by atomic mass is 16.2. The van der Waals surface area contributed by atoms with Crippen LogP contribution in [0, 0.1) is 5.92 Å². The molecule has 17 heavy (non-hydrogen) atoms. The van der Waals surface area contributed by atoms with Gasteiger partial charge in [-0.1, -0.05) is 13.8 Å². The van der Waals surface area contributed by atoms with Crippen molar-refractivity contribution < 1.29 is 4.79 Å². The van der Waals surface area contributed by atoms with Crippen molar-refractivity contribution in [3.8, 4) is 0 Å². The Morgan fingerprint density at radius 2 is 2.24 bits per heavy atom. The summed E-state index contributed by atoms with van der Waals surface area (Å²) in [5.41, 5.74) is 1.57. The topological polar surface area (TPSA) is 59.0 Å². The van der Waals surface area contributed by atoms with Gasteiger partial charge in [0.15, 0.2) is 0 Å². The van der Waals surface area contributed by atoms with Gasteiger partial charge in [0.25, 0.3) is 5.91 Å². The van der Waals surface area contributed by atoms with Crippen LogP contribution in [0.4, 0.5) is 0 Å². The lowest BCUT2D eigenvalue weighted by atomic mass is 10.2. The first kappa shape index (κ1) is 13.7. The first-order valence-corrected chi connectivity index (χ1v) is 6.04. The van der Waals surface area contributed by atoms with E-state index in [4.69, 9.17) is 0 Å². The second kappa shape index (κ2) is 6.39. The van der Waals surface area contributed by atoms with Crippen LogP contribution in [-0.4, -0.2) is 35.8 Å². The molecule has 0 aliphatic heterocycles. The van der Waals surface area contributed by atoms with Crippen LogP contribution >= 0.6 is 0 Å². The van der Waals surface area contributed by atoms with E-state index in [1.54, 1.807) is 11.7 Å². The molecule has 1 rings (SSSR count). The van der Waals surface area contributed by atoms with Gasteiger partial charge >= 0.3 is 0 Å². The van der Waals surface area contributed by atoms with E-state index in [9.17, 15) is 4.79 Å². The number of hydrogen-bond donors (Lipinski definition) is 2. The maximum atomic E-state index is 11.9. The second-order valence-corrected chi connectivity index (χ2v) is 4.37. The molecule has 5 heteroatoms. The SMILES string of the molecule is CCc1cc(C(=O)NCC(C)CNC)n(C)n1. The highest BCUT2D eigenvalue weighted by Crippen LogP contribution is 2.03. The zero-order chi connectivity index (χ0) is 12.8. The Hall–Kier alpha value is -1.36. The molecule has 1 aromatic heterocycles. The molecule has 0 aliphatic carbocycles. The Balaban J connectivity index is 2.54. The average Bonchev–Trinajstić information content (AvgIpc) is 2.68. The molecule has 1 amide bonds. The normalized spacial score (nSPS) is 12.5. The third-order valence-electron chi connectivity index (χ3n) is 2.69. The summed E-state index contributed by atoms with van der Waals surface area (Å²) < 4.78 is 1.64. The molecule has 0 spiro atoms. The summed E-state index contributed by atoms with van der Waals surface area (Å²) in [5.74, 6) is 0.366. The summed E-state index contributed by atoms with van der Waals surface area (Å²) in [6.07, 6.45) is 0.845. The molecular formula is C12H22N4O. The molecule has 5 nitrogen and oxygen atoms in total. The van der Waals surface area contributed by atoms with Gasteiger partial charge in [-0.2, -0.15) is 5.10 Å². The van der Waals surface area contributed by atoms with E-state index in [0.29, 0.717) is 18.2 Å². The summed E-state index contributed by atoms with van der Waals surface area (Å²) in [6, 6.07) is 1.85. The van der Waals surface area contributed by atoms with Gasteiger partial charge in [0.05, 0.1) is 5.69 Å². The van der Waals surface area contributed by atoms with Gasteiger partial charge in [-0.25, -0.2) is 0 Å². The highest BCUT2D eigenvalue weighted by molar-refractivity contribution is 5.92. The van der Waals surface area contributed by atoms with Crippen molar-refractivity contribution in [2.75, 3.05) is 20.1 Å². The lowest BCUT2D eigenvalue weighted by Gasteiger charge is -2.11. The van der Waals surface area contributed by atoms with Crippen molar-refractivity contribution in [2.24, 2.45) is 13.0 Å². The van der Waals surface area contributed by atoms with Crippen LogP contribution in [0.2, 0.25) is 0 Å². The number of hydrogen-bond acceptors (Lipinski definition) is 3. The minimum absolute atomic E-state index is 0.0531. The van der Waals surface area contributed by atoms with Crippen molar-refractivity contribution >= 4 is 5.91 Å². The maximum absolute atomic E-state index is 11.9. The van der Waals surface area contributed by atoms with E-state index in [0.717, 1.165) is 18.7 Å². The number of carbonyl (C=O) groups is 1. The van der Waals surface area contributed by atoms with E-state index < -0.39 is 0 Å². The Labute approximate surface area is 103 Å². The lowest BCUT2D eigenvalue weighted by Crippen LogP contribution is -2.33. The zero-order valence-electron chi connectivity index (χ0n) is 11.1. The molecule has 0 fully saturated rings. The van der Waals surface area contributed by atoms with E-state index in [2.05, 4.69) is 22.7 Å². The predicted octanol–water partition coefficient (Wildman–Crippen LogP) is 0.568. The van der Waals surface area contributed by atoms with Crippen molar-refractivity contribution in [2.45, 2.75) is 20.3 Å². The average molecular weight is 238 g/mol. The smallest absolute Gasteiger partial charge is 0.269 e. The van der Waals surface area contributed by atoms with Gasteiger partial charge in [-0.05, 0) is 32.0 Å². The van der Waals surface area contributed by atoms with Crippen LogP contribution in [-0.2, 0) is 13.5 Å². The highest BCUT2D eigenvalue weighted by Gasteiger charge is 2.13. The first-order chi connectivity index (χ1) is 8.08. The number of aryl methyl sites for hydroxylation is 2. The maximum Gasteiger partial charge on any atom is 0.269 e. The summed E-state index contributed by atoms with van der Waals surface area (Å²) in [4.78, 5) is 11.9. The molecule has 0 radical (unpaired) electrons. The van der Waals surface area contributed by atoms with Gasteiger partial charge < -0.3 is 10.6 Å². The molecule has 1 atom stereocenters. The number of aromatic nitrogens is 2. The largest absolute Gasteiger partial charge is 0.350 e. The molecule has 0 saturated carbocycles. The van der Waals surface area contributed by atoms with E-state index in [-0.39, 0.29) is 5.91 Å². The van der Waals surface area contributed by atoms with Gasteiger partial charge in [-0.15, -0.1) is 0 Å². The quantitative estimate of drug-likeness (QED) is 0.761. The van der Waals surface area contributed by atoms with Crippen molar-refractivity contribution in [3.05, 3.63) is 17.5 Å². The fourth-order valence-electron chi connectivity index (χ4n) is 1.69. The van der Waals surface area contributed by atoms with Crippen LogP contribution < -0.4 is 10.6 Å². The molecule has 1 aromatic rings. The van der Waals surface area contributed by atoms with E-state index >= 15 is 0 Å². The standard InChI is InChI=1S/C12H22N4O/c1-5-10-6-11(16(4)15-10)12(17)14-8-9(2)7-13-3/h6,9,13H,5,7-8H2,1-4H3,(H,14,17). The minimum Gasteiger partial charge on any atom is -0.350 e. The fourth-order valence-corrected chi connectivity index (χ4v) is 1.69. The van der Waals surface area contributed by atoms with Gasteiger partial charge in [-0.3, -0.25) is 9.48 Å². The van der Waals surface area contributed by atoms with Crippen molar-refractivity contribution in [3.63, 3.8) is 0 Å². The first-order valence-electron chi connectivity index (χ1n) is 6.04. The van der Waals surface area contributed by atoms with Crippen molar-refractivity contribution in [1.29, 1.82) is 0 Å². The second-order valence-electron chi connectivity index (χ2n) is 4.37. The molecule has 1 unspecified atom stereocenters. The summed E-state index contributed by atoms with van der Waals surface area (Å²) >= 11 is 0. The third kappa shape index (κ3) is 3.85. The Morgan fingerprint density at radius 1 is 1.53 bits per heavy atom. The minimum atomic E-state index is -0.0531. The molecule has 0 aromatic carbocycles. The van der Waals surface area contributed by atoms with E-state index in [1.807, 2.05) is 20.0 Å². The monoisotopic (exact) mass is 238 g/mol.